The van der Waals surface area contributed by atoms with Crippen LogP contribution < -0.4 is 10.4 Å². The zero-order valence-electron chi connectivity index (χ0n) is 13.7. The molecule has 6 heteroatoms. The molecule has 0 unspecified atom stereocenters. The van der Waals surface area contributed by atoms with E-state index in [1.807, 2.05) is 36.4 Å². The molecule has 2 N–H and O–H groups in total. The second-order valence-electron chi connectivity index (χ2n) is 5.35. The van der Waals surface area contributed by atoms with Crippen molar-refractivity contribution in [2.45, 2.75) is 13.5 Å². The van der Waals surface area contributed by atoms with E-state index in [4.69, 9.17) is 9.47 Å². The highest BCUT2D eigenvalue weighted by molar-refractivity contribution is 5.94. The average molecular weight is 338 g/mol. The fourth-order valence-corrected chi connectivity index (χ4v) is 2.44. The Hall–Kier alpha value is -3.28. The van der Waals surface area contributed by atoms with Crippen LogP contribution in [0.5, 0.6) is 5.75 Å². The fourth-order valence-electron chi connectivity index (χ4n) is 2.44. The summed E-state index contributed by atoms with van der Waals surface area (Å²) in [4.78, 5) is 28.8. The number of esters is 1. The molecule has 1 aromatic heterocycles. The Bertz CT molecular complexity index is 912. The van der Waals surface area contributed by atoms with Gasteiger partial charge in [-0.1, -0.05) is 42.5 Å². The zero-order chi connectivity index (χ0) is 17.6. The first-order valence-corrected chi connectivity index (χ1v) is 7.94. The van der Waals surface area contributed by atoms with Gasteiger partial charge in [-0.3, -0.25) is 4.98 Å². The second kappa shape index (κ2) is 7.53. The van der Waals surface area contributed by atoms with E-state index in [9.17, 15) is 9.59 Å². The van der Waals surface area contributed by atoms with E-state index in [-0.39, 0.29) is 12.3 Å². The molecule has 25 heavy (non-hydrogen) atoms. The predicted octanol–water partition coefficient (Wildman–Crippen LogP) is 3.13. The van der Waals surface area contributed by atoms with Gasteiger partial charge >= 0.3 is 11.7 Å². The average Bonchev–Trinajstić information content (AvgIpc) is 3.03. The van der Waals surface area contributed by atoms with Crippen LogP contribution >= 0.6 is 0 Å². The molecule has 1 heterocycles. The van der Waals surface area contributed by atoms with Gasteiger partial charge in [-0.05, 0) is 24.6 Å². The van der Waals surface area contributed by atoms with Crippen LogP contribution in [-0.2, 0) is 11.3 Å². The van der Waals surface area contributed by atoms with Crippen molar-refractivity contribution < 1.29 is 14.3 Å². The number of imidazole rings is 1. The molecule has 0 amide bonds. The number of ether oxygens (including phenoxy) is 2. The number of hydrogen-bond acceptors (Lipinski definition) is 4. The van der Waals surface area contributed by atoms with Crippen molar-refractivity contribution in [1.29, 1.82) is 0 Å². The molecule has 0 atom stereocenters. The summed E-state index contributed by atoms with van der Waals surface area (Å²) in [7, 11) is 0. The van der Waals surface area contributed by atoms with Crippen LogP contribution in [0, 0.1) is 0 Å². The lowest BCUT2D eigenvalue weighted by molar-refractivity contribution is 0.0521. The molecule has 0 fully saturated rings. The van der Waals surface area contributed by atoms with Gasteiger partial charge in [-0.15, -0.1) is 0 Å². The SMILES string of the molecule is CCOC(=O)c1[nH]c(=O)[nH]c1-c1cccc(OCc2ccccc2)c1. The van der Waals surface area contributed by atoms with Gasteiger partial charge in [-0.25, -0.2) is 9.59 Å². The zero-order valence-corrected chi connectivity index (χ0v) is 13.7. The summed E-state index contributed by atoms with van der Waals surface area (Å²) in [5, 5.41) is 0. The molecule has 0 saturated carbocycles. The van der Waals surface area contributed by atoms with Crippen LogP contribution in [0.3, 0.4) is 0 Å². The van der Waals surface area contributed by atoms with E-state index < -0.39 is 11.7 Å². The summed E-state index contributed by atoms with van der Waals surface area (Å²) in [6.45, 7) is 2.37. The van der Waals surface area contributed by atoms with Gasteiger partial charge in [0.05, 0.1) is 12.3 Å². The predicted molar refractivity (Wildman–Crippen MR) is 93.6 cm³/mol. The first-order valence-electron chi connectivity index (χ1n) is 7.94. The lowest BCUT2D eigenvalue weighted by atomic mass is 10.1. The highest BCUT2D eigenvalue weighted by Gasteiger charge is 2.18. The Morgan fingerprint density at radius 1 is 1.04 bits per heavy atom. The molecule has 0 spiro atoms. The van der Waals surface area contributed by atoms with E-state index in [1.54, 1.807) is 25.1 Å². The molecular formula is C19H18N2O4. The molecule has 2 aromatic carbocycles. The van der Waals surface area contributed by atoms with Crippen molar-refractivity contribution in [2.75, 3.05) is 6.61 Å². The minimum absolute atomic E-state index is 0.104. The highest BCUT2D eigenvalue weighted by Crippen LogP contribution is 2.25. The quantitative estimate of drug-likeness (QED) is 0.676. The first-order chi connectivity index (χ1) is 12.2. The summed E-state index contributed by atoms with van der Waals surface area (Å²) in [6, 6.07) is 17.0. The number of aromatic nitrogens is 2. The number of carbonyl (C=O) groups excluding carboxylic acids is 1. The number of carbonyl (C=O) groups is 1. The van der Waals surface area contributed by atoms with Gasteiger partial charge < -0.3 is 14.5 Å². The molecule has 3 rings (SSSR count). The van der Waals surface area contributed by atoms with Crippen molar-refractivity contribution in [3.8, 4) is 17.0 Å². The van der Waals surface area contributed by atoms with Gasteiger partial charge in [0.2, 0.25) is 0 Å². The number of rotatable bonds is 6. The number of benzene rings is 2. The molecule has 3 aromatic rings. The summed E-state index contributed by atoms with van der Waals surface area (Å²) >= 11 is 0. The normalized spacial score (nSPS) is 10.4. The molecular weight excluding hydrogens is 320 g/mol. The number of hydrogen-bond donors (Lipinski definition) is 2. The summed E-state index contributed by atoms with van der Waals surface area (Å²) in [5.41, 5.74) is 1.73. The van der Waals surface area contributed by atoms with E-state index in [0.29, 0.717) is 23.6 Å². The molecule has 0 radical (unpaired) electrons. The van der Waals surface area contributed by atoms with Crippen molar-refractivity contribution in [2.24, 2.45) is 0 Å². The summed E-state index contributed by atoms with van der Waals surface area (Å²) < 4.78 is 10.8. The molecule has 0 aliphatic carbocycles. The number of aromatic amines is 2. The Labute approximate surface area is 144 Å². The van der Waals surface area contributed by atoms with Crippen LogP contribution in [0.1, 0.15) is 23.0 Å². The number of H-pyrrole nitrogens is 2. The van der Waals surface area contributed by atoms with Gasteiger partial charge in [0, 0.05) is 5.56 Å². The van der Waals surface area contributed by atoms with E-state index >= 15 is 0 Å². The topological polar surface area (TPSA) is 84.2 Å². The van der Waals surface area contributed by atoms with E-state index in [0.717, 1.165) is 5.56 Å². The highest BCUT2D eigenvalue weighted by atomic mass is 16.5. The lowest BCUT2D eigenvalue weighted by Gasteiger charge is -2.08. The molecule has 128 valence electrons. The van der Waals surface area contributed by atoms with Gasteiger partial charge in [-0.2, -0.15) is 0 Å². The third-order valence-corrected chi connectivity index (χ3v) is 3.58. The van der Waals surface area contributed by atoms with Gasteiger partial charge in [0.1, 0.15) is 12.4 Å². The molecule has 6 nitrogen and oxygen atoms in total. The van der Waals surface area contributed by atoms with E-state index in [1.165, 1.54) is 0 Å². The van der Waals surface area contributed by atoms with Crippen molar-refractivity contribution >= 4 is 5.97 Å². The van der Waals surface area contributed by atoms with Crippen LogP contribution in [0.2, 0.25) is 0 Å². The second-order valence-corrected chi connectivity index (χ2v) is 5.35. The van der Waals surface area contributed by atoms with Gasteiger partial charge in [0.15, 0.2) is 5.69 Å². The maximum absolute atomic E-state index is 12.0. The maximum atomic E-state index is 12.0. The number of nitrogens with one attached hydrogen (secondary N) is 2. The molecule has 0 saturated heterocycles. The maximum Gasteiger partial charge on any atom is 0.357 e. The molecule has 0 bridgehead atoms. The van der Waals surface area contributed by atoms with E-state index in [2.05, 4.69) is 9.97 Å². The van der Waals surface area contributed by atoms with Crippen LogP contribution in [0.15, 0.2) is 59.4 Å². The molecule has 0 aliphatic heterocycles. The fraction of sp³-hybridized carbons (Fsp3) is 0.158. The van der Waals surface area contributed by atoms with Crippen molar-refractivity contribution in [1.82, 2.24) is 9.97 Å². The minimum Gasteiger partial charge on any atom is -0.489 e. The Balaban J connectivity index is 1.84. The lowest BCUT2D eigenvalue weighted by Crippen LogP contribution is -2.08. The Kier molecular flexibility index (Phi) is 4.99. The van der Waals surface area contributed by atoms with Crippen LogP contribution in [0.4, 0.5) is 0 Å². The molecule has 0 aliphatic rings. The van der Waals surface area contributed by atoms with Crippen LogP contribution in [-0.4, -0.2) is 22.5 Å². The Morgan fingerprint density at radius 2 is 1.84 bits per heavy atom. The summed E-state index contributed by atoms with van der Waals surface area (Å²) in [5.74, 6) is 0.0599. The largest absolute Gasteiger partial charge is 0.489 e. The smallest absolute Gasteiger partial charge is 0.357 e. The van der Waals surface area contributed by atoms with Gasteiger partial charge in [0.25, 0.3) is 0 Å². The Morgan fingerprint density at radius 3 is 2.60 bits per heavy atom. The standard InChI is InChI=1S/C19H18N2O4/c1-2-24-18(22)17-16(20-19(23)21-17)14-9-6-10-15(11-14)25-12-13-7-4-3-5-8-13/h3-11H,2,12H2,1H3,(H2,20,21,23). The van der Waals surface area contributed by atoms with Crippen LogP contribution in [0.25, 0.3) is 11.3 Å². The third-order valence-electron chi connectivity index (χ3n) is 3.58. The minimum atomic E-state index is -0.577. The third kappa shape index (κ3) is 3.98. The monoisotopic (exact) mass is 338 g/mol. The van der Waals surface area contributed by atoms with Crippen molar-refractivity contribution in [3.63, 3.8) is 0 Å². The first kappa shape index (κ1) is 16.6. The van der Waals surface area contributed by atoms with Crippen molar-refractivity contribution in [3.05, 3.63) is 76.3 Å². The summed E-state index contributed by atoms with van der Waals surface area (Å²) in [6.07, 6.45) is 0.